The molecule has 1 unspecified atom stereocenters. The molecule has 1 aliphatic heterocycles. The van der Waals surface area contributed by atoms with E-state index >= 15 is 0 Å². The third kappa shape index (κ3) is 17.4. The van der Waals surface area contributed by atoms with Gasteiger partial charge in [-0.15, -0.1) is 0 Å². The molecule has 0 aromatic carbocycles. The van der Waals surface area contributed by atoms with Gasteiger partial charge in [0.2, 0.25) is 0 Å². The van der Waals surface area contributed by atoms with E-state index in [1.54, 1.807) is 0 Å². The third-order valence-electron chi connectivity index (χ3n) is 6.53. The van der Waals surface area contributed by atoms with Crippen molar-refractivity contribution in [1.82, 2.24) is 15.5 Å². The van der Waals surface area contributed by atoms with Crippen LogP contribution in [0.3, 0.4) is 0 Å². The molecule has 1 heterocycles. The predicted molar refractivity (Wildman–Crippen MR) is 133 cm³/mol. The number of alkyl carbamates (subject to hydrolysis) is 1. The number of hydrogen-bond acceptors (Lipinski definition) is 4. The van der Waals surface area contributed by atoms with Gasteiger partial charge in [0.25, 0.3) is 0 Å². The molecular formula is C26H53N3O2. The molecule has 0 aliphatic carbocycles. The molecule has 1 rings (SSSR count). The SMILES string of the molecule is CCCCCCCCCCCCCCCCCCNC(=O)OCCCC1NCCN1C. The van der Waals surface area contributed by atoms with Crippen LogP contribution in [-0.2, 0) is 4.74 Å². The summed E-state index contributed by atoms with van der Waals surface area (Å²) in [5.74, 6) is 0. The molecule has 0 bridgehead atoms. The second kappa shape index (κ2) is 21.1. The Morgan fingerprint density at radius 3 is 1.84 bits per heavy atom. The Bertz CT molecular complexity index is 406. The number of rotatable bonds is 21. The lowest BCUT2D eigenvalue weighted by Gasteiger charge is -2.18. The molecule has 0 saturated carbocycles. The minimum absolute atomic E-state index is 0.256. The summed E-state index contributed by atoms with van der Waals surface area (Å²) in [4.78, 5) is 14.0. The quantitative estimate of drug-likeness (QED) is 0.197. The molecular weight excluding hydrogens is 386 g/mol. The molecule has 0 aromatic heterocycles. The first-order valence-corrected chi connectivity index (χ1v) is 13.6. The van der Waals surface area contributed by atoms with Crippen LogP contribution in [0.2, 0.25) is 0 Å². The lowest BCUT2D eigenvalue weighted by molar-refractivity contribution is 0.139. The van der Waals surface area contributed by atoms with Gasteiger partial charge in [-0.05, 0) is 26.3 Å². The van der Waals surface area contributed by atoms with Crippen molar-refractivity contribution in [2.75, 3.05) is 33.3 Å². The summed E-state index contributed by atoms with van der Waals surface area (Å²) in [7, 11) is 2.14. The molecule has 0 spiro atoms. The molecule has 0 radical (unpaired) electrons. The maximum Gasteiger partial charge on any atom is 0.407 e. The highest BCUT2D eigenvalue weighted by molar-refractivity contribution is 5.66. The maximum absolute atomic E-state index is 11.7. The summed E-state index contributed by atoms with van der Waals surface area (Å²) >= 11 is 0. The summed E-state index contributed by atoms with van der Waals surface area (Å²) in [5.41, 5.74) is 0. The number of hydrogen-bond donors (Lipinski definition) is 2. The monoisotopic (exact) mass is 439 g/mol. The topological polar surface area (TPSA) is 53.6 Å². The van der Waals surface area contributed by atoms with E-state index in [2.05, 4.69) is 29.5 Å². The normalized spacial score (nSPS) is 16.6. The molecule has 184 valence electrons. The summed E-state index contributed by atoms with van der Waals surface area (Å²) in [6.07, 6.45) is 24.0. The summed E-state index contributed by atoms with van der Waals surface area (Å²) < 4.78 is 5.27. The minimum atomic E-state index is -0.256. The molecule has 31 heavy (non-hydrogen) atoms. The smallest absolute Gasteiger partial charge is 0.407 e. The summed E-state index contributed by atoms with van der Waals surface area (Å²) in [6, 6.07) is 0. The van der Waals surface area contributed by atoms with Crippen molar-refractivity contribution in [2.24, 2.45) is 0 Å². The van der Waals surface area contributed by atoms with Crippen LogP contribution >= 0.6 is 0 Å². The number of nitrogens with one attached hydrogen (secondary N) is 2. The van der Waals surface area contributed by atoms with Crippen molar-refractivity contribution >= 4 is 6.09 Å². The van der Waals surface area contributed by atoms with Crippen molar-refractivity contribution in [1.29, 1.82) is 0 Å². The van der Waals surface area contributed by atoms with Crippen LogP contribution in [0, 0.1) is 0 Å². The largest absolute Gasteiger partial charge is 0.450 e. The van der Waals surface area contributed by atoms with Crippen molar-refractivity contribution in [3.63, 3.8) is 0 Å². The molecule has 1 fully saturated rings. The third-order valence-corrected chi connectivity index (χ3v) is 6.53. The van der Waals surface area contributed by atoms with E-state index < -0.39 is 0 Å². The highest BCUT2D eigenvalue weighted by atomic mass is 16.5. The van der Waals surface area contributed by atoms with Gasteiger partial charge in [-0.3, -0.25) is 4.90 Å². The number of nitrogens with zero attached hydrogens (tertiary/aromatic N) is 1. The first kappa shape index (κ1) is 28.2. The van der Waals surface area contributed by atoms with Gasteiger partial charge >= 0.3 is 6.09 Å². The van der Waals surface area contributed by atoms with Crippen LogP contribution in [0.15, 0.2) is 0 Å². The van der Waals surface area contributed by atoms with Crippen molar-refractivity contribution in [3.05, 3.63) is 0 Å². The van der Waals surface area contributed by atoms with Crippen LogP contribution in [0.5, 0.6) is 0 Å². The minimum Gasteiger partial charge on any atom is -0.450 e. The van der Waals surface area contributed by atoms with E-state index in [-0.39, 0.29) is 6.09 Å². The van der Waals surface area contributed by atoms with E-state index in [9.17, 15) is 4.79 Å². The van der Waals surface area contributed by atoms with Gasteiger partial charge in [-0.2, -0.15) is 0 Å². The number of unbranched alkanes of at least 4 members (excludes halogenated alkanes) is 15. The van der Waals surface area contributed by atoms with Crippen LogP contribution in [0.4, 0.5) is 4.79 Å². The van der Waals surface area contributed by atoms with E-state index in [1.165, 1.54) is 96.3 Å². The lowest BCUT2D eigenvalue weighted by Crippen LogP contribution is -2.33. The standard InChI is InChI=1S/C26H53N3O2/c1-3-4-5-6-7-8-9-10-11-12-13-14-15-16-17-18-21-28-26(30)31-24-19-20-25-27-22-23-29(25)2/h25,27H,3-24H2,1-2H3,(H,28,30). The fourth-order valence-electron chi connectivity index (χ4n) is 4.40. The van der Waals surface area contributed by atoms with E-state index in [4.69, 9.17) is 4.74 Å². The zero-order valence-corrected chi connectivity index (χ0v) is 20.9. The Labute approximate surface area is 193 Å². The van der Waals surface area contributed by atoms with Crippen LogP contribution in [-0.4, -0.2) is 50.4 Å². The van der Waals surface area contributed by atoms with Gasteiger partial charge in [0, 0.05) is 19.6 Å². The van der Waals surface area contributed by atoms with Crippen molar-refractivity contribution in [3.8, 4) is 0 Å². The Balaban J connectivity index is 1.71. The van der Waals surface area contributed by atoms with E-state index in [0.29, 0.717) is 12.8 Å². The molecule has 0 aromatic rings. The number of ether oxygens (including phenoxy) is 1. The van der Waals surface area contributed by atoms with Gasteiger partial charge in [0.15, 0.2) is 0 Å². The molecule has 1 atom stereocenters. The van der Waals surface area contributed by atoms with Crippen molar-refractivity contribution in [2.45, 2.75) is 129 Å². The van der Waals surface area contributed by atoms with Gasteiger partial charge in [-0.25, -0.2) is 4.79 Å². The van der Waals surface area contributed by atoms with Crippen molar-refractivity contribution < 1.29 is 9.53 Å². The Morgan fingerprint density at radius 2 is 1.35 bits per heavy atom. The molecule has 1 saturated heterocycles. The first-order valence-electron chi connectivity index (χ1n) is 13.6. The number of carbonyl (C=O) groups is 1. The number of amides is 1. The second-order valence-corrected chi connectivity index (χ2v) is 9.46. The highest BCUT2D eigenvalue weighted by Gasteiger charge is 2.19. The van der Waals surface area contributed by atoms with Gasteiger partial charge in [0.1, 0.15) is 0 Å². The maximum atomic E-state index is 11.7. The number of carbonyl (C=O) groups excluding carboxylic acids is 1. The second-order valence-electron chi connectivity index (χ2n) is 9.46. The zero-order valence-electron chi connectivity index (χ0n) is 20.9. The fourth-order valence-corrected chi connectivity index (χ4v) is 4.40. The van der Waals surface area contributed by atoms with E-state index in [1.807, 2.05) is 0 Å². The summed E-state index contributed by atoms with van der Waals surface area (Å²) in [6.45, 7) is 5.70. The molecule has 2 N–H and O–H groups in total. The van der Waals surface area contributed by atoms with E-state index in [0.717, 1.165) is 38.9 Å². The molecule has 1 amide bonds. The molecule has 5 heteroatoms. The Hall–Kier alpha value is -0.810. The Morgan fingerprint density at radius 1 is 0.839 bits per heavy atom. The highest BCUT2D eigenvalue weighted by Crippen LogP contribution is 2.13. The van der Waals surface area contributed by atoms with Gasteiger partial charge in [-0.1, -0.05) is 103 Å². The predicted octanol–water partition coefficient (Wildman–Crippen LogP) is 6.62. The Kier molecular flexibility index (Phi) is 19.2. The fraction of sp³-hybridized carbons (Fsp3) is 0.962. The van der Waals surface area contributed by atoms with Crippen LogP contribution in [0.1, 0.15) is 122 Å². The average molecular weight is 440 g/mol. The molecule has 1 aliphatic rings. The lowest BCUT2D eigenvalue weighted by atomic mass is 10.0. The van der Waals surface area contributed by atoms with Crippen LogP contribution in [0.25, 0.3) is 0 Å². The average Bonchev–Trinajstić information content (AvgIpc) is 3.18. The zero-order chi connectivity index (χ0) is 22.4. The van der Waals surface area contributed by atoms with Gasteiger partial charge in [0.05, 0.1) is 12.8 Å². The van der Waals surface area contributed by atoms with Crippen LogP contribution < -0.4 is 10.6 Å². The molecule has 5 nitrogen and oxygen atoms in total. The number of likely N-dealkylation sites (N-methyl/N-ethyl adjacent to an activating group) is 1. The summed E-state index contributed by atoms with van der Waals surface area (Å²) in [5, 5.41) is 6.33. The van der Waals surface area contributed by atoms with Gasteiger partial charge < -0.3 is 15.4 Å². The first-order chi connectivity index (χ1) is 15.2.